The Labute approximate surface area is 117 Å². The zero-order valence-electron chi connectivity index (χ0n) is 12.5. The van der Waals surface area contributed by atoms with Crippen LogP contribution < -0.4 is 5.32 Å². The fraction of sp³-hybridized carbons (Fsp3) is 0.625. The van der Waals surface area contributed by atoms with Crippen molar-refractivity contribution in [2.45, 2.75) is 26.3 Å². The molecule has 0 spiro atoms. The SMILES string of the molecule is CC(C)(C)N1CCN(CCNc2ccccc2)CC1. The molecule has 106 valence electrons. The van der Waals surface area contributed by atoms with Gasteiger partial charge in [0.15, 0.2) is 0 Å². The summed E-state index contributed by atoms with van der Waals surface area (Å²) in [4.78, 5) is 5.13. The highest BCUT2D eigenvalue weighted by molar-refractivity contribution is 5.42. The molecule has 1 aliphatic rings. The van der Waals surface area contributed by atoms with Crippen LogP contribution in [0.3, 0.4) is 0 Å². The number of nitrogens with one attached hydrogen (secondary N) is 1. The number of hydrogen-bond acceptors (Lipinski definition) is 3. The van der Waals surface area contributed by atoms with E-state index >= 15 is 0 Å². The van der Waals surface area contributed by atoms with Crippen LogP contribution in [0, 0.1) is 0 Å². The van der Waals surface area contributed by atoms with Crippen LogP contribution in [0.1, 0.15) is 20.8 Å². The molecule has 1 aromatic carbocycles. The van der Waals surface area contributed by atoms with Gasteiger partial charge < -0.3 is 5.32 Å². The molecular weight excluding hydrogens is 234 g/mol. The summed E-state index contributed by atoms with van der Waals surface area (Å²) in [7, 11) is 0. The minimum atomic E-state index is 0.314. The summed E-state index contributed by atoms with van der Waals surface area (Å²) in [5.74, 6) is 0. The smallest absolute Gasteiger partial charge is 0.0340 e. The van der Waals surface area contributed by atoms with Gasteiger partial charge in [0.1, 0.15) is 0 Å². The van der Waals surface area contributed by atoms with Crippen molar-refractivity contribution in [1.29, 1.82) is 0 Å². The van der Waals surface area contributed by atoms with Gasteiger partial charge in [-0.25, -0.2) is 0 Å². The van der Waals surface area contributed by atoms with Gasteiger partial charge in [-0.1, -0.05) is 18.2 Å². The molecule has 1 aromatic rings. The molecule has 1 N–H and O–H groups in total. The van der Waals surface area contributed by atoms with Crippen LogP contribution in [0.25, 0.3) is 0 Å². The predicted molar refractivity (Wildman–Crippen MR) is 82.7 cm³/mol. The van der Waals surface area contributed by atoms with Crippen LogP contribution in [0.5, 0.6) is 0 Å². The maximum absolute atomic E-state index is 3.48. The third-order valence-electron chi connectivity index (χ3n) is 3.85. The molecule has 0 atom stereocenters. The second-order valence-corrected chi connectivity index (χ2v) is 6.29. The van der Waals surface area contributed by atoms with Gasteiger partial charge in [0.05, 0.1) is 0 Å². The molecule has 0 radical (unpaired) electrons. The summed E-state index contributed by atoms with van der Waals surface area (Å²) in [6.07, 6.45) is 0. The Bertz CT molecular complexity index is 361. The molecule has 3 nitrogen and oxygen atoms in total. The molecule has 1 aliphatic heterocycles. The van der Waals surface area contributed by atoms with Crippen LogP contribution in [0.4, 0.5) is 5.69 Å². The van der Waals surface area contributed by atoms with Crippen molar-refractivity contribution in [2.24, 2.45) is 0 Å². The molecule has 19 heavy (non-hydrogen) atoms. The monoisotopic (exact) mass is 261 g/mol. The average Bonchev–Trinajstić information content (AvgIpc) is 2.39. The minimum Gasteiger partial charge on any atom is -0.384 e. The Hall–Kier alpha value is -1.06. The molecule has 0 amide bonds. The third-order valence-corrected chi connectivity index (χ3v) is 3.85. The number of piperazine rings is 1. The first-order valence-electron chi connectivity index (χ1n) is 7.32. The van der Waals surface area contributed by atoms with Crippen LogP contribution in [-0.4, -0.2) is 54.6 Å². The fourth-order valence-corrected chi connectivity index (χ4v) is 2.56. The van der Waals surface area contributed by atoms with E-state index in [1.165, 1.54) is 31.9 Å². The molecular formula is C16H27N3. The number of nitrogens with zero attached hydrogens (tertiary/aromatic N) is 2. The molecule has 1 saturated heterocycles. The summed E-state index contributed by atoms with van der Waals surface area (Å²) in [5, 5.41) is 3.48. The normalized spacial score (nSPS) is 18.5. The average molecular weight is 261 g/mol. The Morgan fingerprint density at radius 2 is 1.63 bits per heavy atom. The quantitative estimate of drug-likeness (QED) is 0.898. The Balaban J connectivity index is 1.66. The molecule has 0 bridgehead atoms. The van der Waals surface area contributed by atoms with E-state index in [4.69, 9.17) is 0 Å². The van der Waals surface area contributed by atoms with Gasteiger partial charge in [0.25, 0.3) is 0 Å². The number of benzene rings is 1. The van der Waals surface area contributed by atoms with Crippen molar-refractivity contribution in [3.8, 4) is 0 Å². The second-order valence-electron chi connectivity index (χ2n) is 6.29. The van der Waals surface area contributed by atoms with E-state index in [9.17, 15) is 0 Å². The lowest BCUT2D eigenvalue weighted by Gasteiger charge is -2.42. The summed E-state index contributed by atoms with van der Waals surface area (Å²) >= 11 is 0. The minimum absolute atomic E-state index is 0.314. The third kappa shape index (κ3) is 4.51. The highest BCUT2D eigenvalue weighted by atomic mass is 15.3. The Morgan fingerprint density at radius 1 is 1.00 bits per heavy atom. The van der Waals surface area contributed by atoms with Crippen molar-refractivity contribution in [2.75, 3.05) is 44.6 Å². The first kappa shape index (κ1) is 14.4. The summed E-state index contributed by atoms with van der Waals surface area (Å²) < 4.78 is 0. The summed E-state index contributed by atoms with van der Waals surface area (Å²) in [6.45, 7) is 13.8. The number of anilines is 1. The van der Waals surface area contributed by atoms with Crippen molar-refractivity contribution in [1.82, 2.24) is 9.80 Å². The molecule has 0 aromatic heterocycles. The lowest BCUT2D eigenvalue weighted by Crippen LogP contribution is -2.53. The van der Waals surface area contributed by atoms with Crippen molar-refractivity contribution >= 4 is 5.69 Å². The number of para-hydroxylation sites is 1. The largest absolute Gasteiger partial charge is 0.384 e. The topological polar surface area (TPSA) is 18.5 Å². The summed E-state index contributed by atoms with van der Waals surface area (Å²) in [6, 6.07) is 10.4. The zero-order chi connectivity index (χ0) is 13.7. The first-order chi connectivity index (χ1) is 9.05. The second kappa shape index (κ2) is 6.40. The molecule has 2 rings (SSSR count). The van der Waals surface area contributed by atoms with Gasteiger partial charge in [-0.2, -0.15) is 0 Å². The van der Waals surface area contributed by atoms with Gasteiger partial charge >= 0.3 is 0 Å². The van der Waals surface area contributed by atoms with Crippen molar-refractivity contribution in [3.05, 3.63) is 30.3 Å². The van der Waals surface area contributed by atoms with Crippen molar-refractivity contribution in [3.63, 3.8) is 0 Å². The maximum atomic E-state index is 3.48. The van der Waals surface area contributed by atoms with Crippen molar-refractivity contribution < 1.29 is 0 Å². The lowest BCUT2D eigenvalue weighted by molar-refractivity contribution is 0.0642. The van der Waals surface area contributed by atoms with Gasteiger partial charge in [0, 0.05) is 50.5 Å². The van der Waals surface area contributed by atoms with E-state index in [1.807, 2.05) is 0 Å². The Kier molecular flexibility index (Phi) is 4.83. The van der Waals surface area contributed by atoms with E-state index in [-0.39, 0.29) is 0 Å². The van der Waals surface area contributed by atoms with E-state index in [2.05, 4.69) is 66.2 Å². The van der Waals surface area contributed by atoms with E-state index in [1.54, 1.807) is 0 Å². The van der Waals surface area contributed by atoms with Crippen LogP contribution in [0.2, 0.25) is 0 Å². The number of hydrogen-bond donors (Lipinski definition) is 1. The molecule has 1 fully saturated rings. The molecule has 1 heterocycles. The van der Waals surface area contributed by atoms with Crippen LogP contribution >= 0.6 is 0 Å². The zero-order valence-corrected chi connectivity index (χ0v) is 12.5. The number of rotatable bonds is 4. The lowest BCUT2D eigenvalue weighted by atomic mass is 10.1. The standard InChI is InChI=1S/C16H27N3/c1-16(2,3)19-13-11-18(12-14-19)10-9-17-15-7-5-4-6-8-15/h4-8,17H,9-14H2,1-3H3. The molecule has 0 unspecified atom stereocenters. The van der Waals surface area contributed by atoms with Gasteiger partial charge in [0.2, 0.25) is 0 Å². The highest BCUT2D eigenvalue weighted by Crippen LogP contribution is 2.15. The molecule has 0 aliphatic carbocycles. The van der Waals surface area contributed by atoms with E-state index in [0.717, 1.165) is 13.1 Å². The van der Waals surface area contributed by atoms with E-state index in [0.29, 0.717) is 5.54 Å². The highest BCUT2D eigenvalue weighted by Gasteiger charge is 2.25. The van der Waals surface area contributed by atoms with Crippen LogP contribution in [-0.2, 0) is 0 Å². The summed E-state index contributed by atoms with van der Waals surface area (Å²) in [5.41, 5.74) is 1.53. The fourth-order valence-electron chi connectivity index (χ4n) is 2.56. The Morgan fingerprint density at radius 3 is 2.21 bits per heavy atom. The molecule has 0 saturated carbocycles. The molecule has 3 heteroatoms. The van der Waals surface area contributed by atoms with Gasteiger partial charge in [-0.05, 0) is 32.9 Å². The van der Waals surface area contributed by atoms with Gasteiger partial charge in [-0.15, -0.1) is 0 Å². The van der Waals surface area contributed by atoms with Crippen LogP contribution in [0.15, 0.2) is 30.3 Å². The maximum Gasteiger partial charge on any atom is 0.0340 e. The van der Waals surface area contributed by atoms with Gasteiger partial charge in [-0.3, -0.25) is 9.80 Å². The first-order valence-corrected chi connectivity index (χ1v) is 7.32. The predicted octanol–water partition coefficient (Wildman–Crippen LogP) is 2.51. The van der Waals surface area contributed by atoms with E-state index < -0.39 is 0 Å².